The van der Waals surface area contributed by atoms with Gasteiger partial charge in [0.1, 0.15) is 0 Å². The minimum absolute atomic E-state index is 0.0323. The Labute approximate surface area is 155 Å². The first-order valence-electron chi connectivity index (χ1n) is 7.68. The van der Waals surface area contributed by atoms with Gasteiger partial charge < -0.3 is 4.57 Å². The number of amides is 1. The lowest BCUT2D eigenvalue weighted by atomic mass is 10.2. The molecule has 1 aromatic heterocycles. The number of hydrogen-bond donors (Lipinski definition) is 1. The topological polar surface area (TPSA) is 115 Å². The van der Waals surface area contributed by atoms with Crippen LogP contribution in [0.4, 0.5) is 0 Å². The first kappa shape index (κ1) is 19.0. The molecule has 0 aliphatic carbocycles. The molecule has 3 rings (SSSR count). The molecule has 1 saturated heterocycles. The maximum Gasteiger partial charge on any atom is 0.279 e. The lowest BCUT2D eigenvalue weighted by molar-refractivity contribution is 0.0997. The molecule has 1 aliphatic heterocycles. The van der Waals surface area contributed by atoms with Gasteiger partial charge in [-0.3, -0.25) is 4.79 Å². The van der Waals surface area contributed by atoms with Crippen molar-refractivity contribution in [3.05, 3.63) is 46.2 Å². The molecule has 1 amide bonds. The fourth-order valence-electron chi connectivity index (χ4n) is 2.56. The third-order valence-electron chi connectivity index (χ3n) is 3.90. The summed E-state index contributed by atoms with van der Waals surface area (Å²) < 4.78 is 52.1. The number of benzene rings is 1. The number of carbonyl (C=O) groups is 1. The van der Waals surface area contributed by atoms with Crippen molar-refractivity contribution < 1.29 is 21.6 Å². The number of thiazole rings is 1. The molecule has 1 unspecified atom stereocenters. The summed E-state index contributed by atoms with van der Waals surface area (Å²) in [6, 6.07) is 4.88. The number of aryl methyl sites for hydroxylation is 1. The Kier molecular flexibility index (Phi) is 5.15. The number of carbonyl (C=O) groups excluding carboxylic acids is 1. The van der Waals surface area contributed by atoms with Gasteiger partial charge in [-0.15, -0.1) is 11.3 Å². The van der Waals surface area contributed by atoms with E-state index in [0.717, 1.165) is 0 Å². The Morgan fingerprint density at radius 2 is 2.15 bits per heavy atom. The Morgan fingerprint density at radius 3 is 2.77 bits per heavy atom. The van der Waals surface area contributed by atoms with Crippen LogP contribution in [0.5, 0.6) is 0 Å². The average molecular weight is 416 g/mol. The van der Waals surface area contributed by atoms with Gasteiger partial charge in [0.25, 0.3) is 5.91 Å². The van der Waals surface area contributed by atoms with E-state index in [2.05, 4.69) is 9.71 Å². The van der Waals surface area contributed by atoms with Gasteiger partial charge >= 0.3 is 0 Å². The summed E-state index contributed by atoms with van der Waals surface area (Å²) in [5.74, 6) is -0.798. The van der Waals surface area contributed by atoms with Crippen molar-refractivity contribution in [2.75, 3.05) is 11.5 Å². The van der Waals surface area contributed by atoms with E-state index in [1.54, 1.807) is 23.2 Å². The molecule has 2 heterocycles. The summed E-state index contributed by atoms with van der Waals surface area (Å²) >= 11 is 1.29. The van der Waals surface area contributed by atoms with Crippen LogP contribution in [0.15, 0.2) is 45.7 Å². The monoisotopic (exact) mass is 415 g/mol. The van der Waals surface area contributed by atoms with Crippen molar-refractivity contribution in [2.45, 2.75) is 17.4 Å². The molecule has 1 atom stereocenters. The van der Waals surface area contributed by atoms with Crippen molar-refractivity contribution in [3.8, 4) is 0 Å². The van der Waals surface area contributed by atoms with E-state index in [1.165, 1.54) is 35.6 Å². The molecular formula is C15H17N3O5S3. The molecule has 1 aromatic carbocycles. The highest BCUT2D eigenvalue weighted by Crippen LogP contribution is 2.17. The summed E-state index contributed by atoms with van der Waals surface area (Å²) in [5.41, 5.74) is 0.139. The molecule has 1 aliphatic rings. The third kappa shape index (κ3) is 4.29. The van der Waals surface area contributed by atoms with Crippen molar-refractivity contribution in [3.63, 3.8) is 0 Å². The highest BCUT2D eigenvalue weighted by Gasteiger charge is 2.31. The minimum atomic E-state index is -3.93. The van der Waals surface area contributed by atoms with E-state index >= 15 is 0 Å². The quantitative estimate of drug-likeness (QED) is 0.771. The van der Waals surface area contributed by atoms with E-state index < -0.39 is 31.8 Å². The molecule has 26 heavy (non-hydrogen) atoms. The van der Waals surface area contributed by atoms with Crippen LogP contribution < -0.4 is 9.52 Å². The summed E-state index contributed by atoms with van der Waals surface area (Å²) in [6.45, 7) is 0. The van der Waals surface area contributed by atoms with Crippen LogP contribution in [-0.4, -0.2) is 44.9 Å². The van der Waals surface area contributed by atoms with Gasteiger partial charge in [-0.1, -0.05) is 6.07 Å². The highest BCUT2D eigenvalue weighted by atomic mass is 32.2. The van der Waals surface area contributed by atoms with Crippen molar-refractivity contribution >= 4 is 37.1 Å². The third-order valence-corrected chi connectivity index (χ3v) is 8.04. The number of hydrogen-bond acceptors (Lipinski definition) is 6. The predicted molar refractivity (Wildman–Crippen MR) is 97.0 cm³/mol. The van der Waals surface area contributed by atoms with E-state index in [0.29, 0.717) is 4.80 Å². The molecule has 0 bridgehead atoms. The van der Waals surface area contributed by atoms with Crippen molar-refractivity contribution in [1.82, 2.24) is 9.29 Å². The zero-order valence-electron chi connectivity index (χ0n) is 13.8. The SMILES string of the molecule is Cn1ccsc1=NC(=O)c1cccc(S(=O)(=O)NC2CCS(=O)(=O)C2)c1. The number of nitrogens with zero attached hydrogens (tertiary/aromatic N) is 2. The largest absolute Gasteiger partial charge is 0.327 e. The van der Waals surface area contributed by atoms with Gasteiger partial charge in [-0.2, -0.15) is 4.99 Å². The molecule has 2 aromatic rings. The van der Waals surface area contributed by atoms with Gasteiger partial charge in [0.15, 0.2) is 14.6 Å². The Hall–Kier alpha value is -1.82. The predicted octanol–water partition coefficient (Wildman–Crippen LogP) is 0.293. The molecule has 1 N–H and O–H groups in total. The molecule has 1 fully saturated rings. The van der Waals surface area contributed by atoms with E-state index in [1.807, 2.05) is 0 Å². The first-order valence-corrected chi connectivity index (χ1v) is 11.9. The van der Waals surface area contributed by atoms with Gasteiger partial charge in [-0.25, -0.2) is 21.6 Å². The fourth-order valence-corrected chi connectivity index (χ4v) is 6.38. The van der Waals surface area contributed by atoms with E-state index in [9.17, 15) is 21.6 Å². The van der Waals surface area contributed by atoms with E-state index in [4.69, 9.17) is 0 Å². The van der Waals surface area contributed by atoms with Gasteiger partial charge in [0.2, 0.25) is 10.0 Å². The van der Waals surface area contributed by atoms with Crippen molar-refractivity contribution in [2.24, 2.45) is 12.0 Å². The lowest BCUT2D eigenvalue weighted by Gasteiger charge is -2.12. The normalized spacial score (nSPS) is 20.3. The van der Waals surface area contributed by atoms with Crippen molar-refractivity contribution in [1.29, 1.82) is 0 Å². The second-order valence-electron chi connectivity index (χ2n) is 5.96. The Morgan fingerprint density at radius 1 is 1.38 bits per heavy atom. The highest BCUT2D eigenvalue weighted by molar-refractivity contribution is 7.92. The van der Waals surface area contributed by atoms with Gasteiger partial charge in [-0.05, 0) is 24.6 Å². The summed E-state index contributed by atoms with van der Waals surface area (Å²) in [5, 5.41) is 1.78. The standard InChI is InChI=1S/C15H17N3O5S3/c1-18-6-7-24-15(18)16-14(19)11-3-2-4-13(9-11)26(22,23)17-12-5-8-25(20,21)10-12/h2-4,6-7,9,12,17H,5,8,10H2,1H3. The van der Waals surface area contributed by atoms with Crippen LogP contribution in [0, 0.1) is 0 Å². The summed E-state index contributed by atoms with van der Waals surface area (Å²) in [7, 11) is -5.38. The smallest absolute Gasteiger partial charge is 0.279 e. The molecule has 11 heteroatoms. The van der Waals surface area contributed by atoms with Crippen LogP contribution in [0.2, 0.25) is 0 Å². The fraction of sp³-hybridized carbons (Fsp3) is 0.333. The minimum Gasteiger partial charge on any atom is -0.327 e. The molecule has 140 valence electrons. The zero-order chi connectivity index (χ0) is 18.9. The van der Waals surface area contributed by atoms with Gasteiger partial charge in [0, 0.05) is 30.2 Å². The second-order valence-corrected chi connectivity index (χ2v) is 10.8. The Balaban J connectivity index is 1.85. The molecule has 0 radical (unpaired) electrons. The number of rotatable bonds is 4. The lowest BCUT2D eigenvalue weighted by Crippen LogP contribution is -2.35. The molecular weight excluding hydrogens is 398 g/mol. The average Bonchev–Trinajstić information content (AvgIpc) is 3.12. The summed E-state index contributed by atoms with van der Waals surface area (Å²) in [6.07, 6.45) is 2.00. The van der Waals surface area contributed by atoms with E-state index in [-0.39, 0.29) is 28.4 Å². The molecule has 0 saturated carbocycles. The zero-order valence-corrected chi connectivity index (χ0v) is 16.3. The molecule has 0 spiro atoms. The molecule has 8 nitrogen and oxygen atoms in total. The maximum absolute atomic E-state index is 12.5. The number of sulfonamides is 1. The number of aromatic nitrogens is 1. The van der Waals surface area contributed by atoms with Crippen LogP contribution in [0.1, 0.15) is 16.8 Å². The number of sulfone groups is 1. The van der Waals surface area contributed by atoms with Crippen LogP contribution in [0.3, 0.4) is 0 Å². The number of nitrogens with one attached hydrogen (secondary N) is 1. The van der Waals surface area contributed by atoms with Crippen LogP contribution in [0.25, 0.3) is 0 Å². The summed E-state index contributed by atoms with van der Waals surface area (Å²) in [4.78, 5) is 16.7. The van der Waals surface area contributed by atoms with Crippen LogP contribution in [-0.2, 0) is 26.9 Å². The maximum atomic E-state index is 12.5. The second kappa shape index (κ2) is 7.06. The van der Waals surface area contributed by atoms with Crippen LogP contribution >= 0.6 is 11.3 Å². The Bertz CT molecular complexity index is 1110. The van der Waals surface area contributed by atoms with Gasteiger partial charge in [0.05, 0.1) is 16.4 Å². The first-order chi connectivity index (χ1) is 12.2.